The van der Waals surface area contributed by atoms with Crippen molar-refractivity contribution < 1.29 is 4.79 Å². The lowest BCUT2D eigenvalue weighted by Crippen LogP contribution is -2.44. The average molecular weight is 400 g/mol. The number of carbonyl (C=O) groups is 1. The van der Waals surface area contributed by atoms with E-state index in [9.17, 15) is 4.79 Å². The summed E-state index contributed by atoms with van der Waals surface area (Å²) in [5.74, 6) is 0.752. The Morgan fingerprint density at radius 1 is 1.20 bits per heavy atom. The molecule has 0 saturated heterocycles. The van der Waals surface area contributed by atoms with Crippen LogP contribution in [0.5, 0.6) is 0 Å². The molecule has 1 aromatic heterocycles. The predicted molar refractivity (Wildman–Crippen MR) is 118 cm³/mol. The number of aromatic amines is 1. The molecule has 1 heterocycles. The molecule has 0 atom stereocenters. The molecule has 3 aromatic rings. The fourth-order valence-corrected chi connectivity index (χ4v) is 3.49. The minimum absolute atomic E-state index is 0.0378. The summed E-state index contributed by atoms with van der Waals surface area (Å²) < 4.78 is 0. The minimum Gasteiger partial charge on any atom is -0.341 e. The van der Waals surface area contributed by atoms with Gasteiger partial charge in [0.05, 0.1) is 0 Å². The highest BCUT2D eigenvalue weighted by molar-refractivity contribution is 6.08. The quantitative estimate of drug-likeness (QED) is 0.381. The number of aromatic nitrogens is 2. The summed E-state index contributed by atoms with van der Waals surface area (Å²) in [7, 11) is 1.58. The van der Waals surface area contributed by atoms with Gasteiger partial charge in [-0.1, -0.05) is 42.5 Å². The van der Waals surface area contributed by atoms with Crippen molar-refractivity contribution in [2.75, 3.05) is 7.05 Å². The second-order valence-electron chi connectivity index (χ2n) is 7.40. The summed E-state index contributed by atoms with van der Waals surface area (Å²) in [5.41, 5.74) is 4.65. The number of rotatable bonds is 5. The second-order valence-corrected chi connectivity index (χ2v) is 7.40. The normalized spacial score (nSPS) is 13.0. The lowest BCUT2D eigenvalue weighted by molar-refractivity contribution is 0.221. The zero-order chi connectivity index (χ0) is 21.3. The molecule has 1 fully saturated rings. The zero-order valence-electron chi connectivity index (χ0n) is 17.0. The van der Waals surface area contributed by atoms with Gasteiger partial charge in [-0.25, -0.2) is 9.78 Å². The van der Waals surface area contributed by atoms with Gasteiger partial charge in [0.2, 0.25) is 0 Å². The van der Waals surface area contributed by atoms with Crippen molar-refractivity contribution in [1.29, 1.82) is 10.8 Å². The van der Waals surface area contributed by atoms with Gasteiger partial charge in [0.25, 0.3) is 0 Å². The summed E-state index contributed by atoms with van der Waals surface area (Å²) in [5, 5.41) is 19.0. The number of amides is 2. The number of imidazole rings is 1. The molecule has 30 heavy (non-hydrogen) atoms. The molecule has 0 radical (unpaired) electrons. The van der Waals surface area contributed by atoms with Gasteiger partial charge in [-0.05, 0) is 37.0 Å². The van der Waals surface area contributed by atoms with Crippen LogP contribution in [0.2, 0.25) is 0 Å². The topological polar surface area (TPSA) is 109 Å². The van der Waals surface area contributed by atoms with Gasteiger partial charge in [-0.3, -0.25) is 10.3 Å². The van der Waals surface area contributed by atoms with E-state index in [2.05, 4.69) is 10.3 Å². The summed E-state index contributed by atoms with van der Waals surface area (Å²) in [6.07, 6.45) is 3.10. The van der Waals surface area contributed by atoms with Crippen LogP contribution in [0.25, 0.3) is 22.6 Å². The van der Waals surface area contributed by atoms with Gasteiger partial charge in [0, 0.05) is 30.4 Å². The first-order valence-electron chi connectivity index (χ1n) is 9.90. The van der Waals surface area contributed by atoms with Gasteiger partial charge >= 0.3 is 6.03 Å². The van der Waals surface area contributed by atoms with Crippen LogP contribution in [0.1, 0.15) is 29.7 Å². The highest BCUT2D eigenvalue weighted by Gasteiger charge is 2.37. The van der Waals surface area contributed by atoms with Crippen molar-refractivity contribution in [3.63, 3.8) is 0 Å². The standard InChI is InChI=1S/C23H24N6O/c1-14-12-16(8-9-17(14)13-24)19-20(21(25)29(18-10-11-18)23(30)26-2)28-22(27-19)15-6-4-3-5-7-15/h3-9,12-13,18,24-25H,10-11H2,1-2H3,(H,26,30)(H,27,28). The first-order chi connectivity index (χ1) is 14.5. The molecule has 0 aliphatic heterocycles. The van der Waals surface area contributed by atoms with Crippen molar-refractivity contribution in [3.8, 4) is 22.6 Å². The number of amidine groups is 1. The average Bonchev–Trinajstić information content (AvgIpc) is 3.50. The monoisotopic (exact) mass is 400 g/mol. The maximum absolute atomic E-state index is 12.5. The van der Waals surface area contributed by atoms with Crippen molar-refractivity contribution >= 4 is 18.1 Å². The molecule has 1 saturated carbocycles. The van der Waals surface area contributed by atoms with Gasteiger partial charge in [-0.15, -0.1) is 0 Å². The second kappa shape index (κ2) is 7.94. The van der Waals surface area contributed by atoms with Crippen molar-refractivity contribution in [2.24, 2.45) is 0 Å². The maximum Gasteiger partial charge on any atom is 0.323 e. The Labute approximate surface area is 175 Å². The molecular formula is C23H24N6O. The smallest absolute Gasteiger partial charge is 0.323 e. The van der Waals surface area contributed by atoms with E-state index in [1.165, 1.54) is 11.1 Å². The Hall–Kier alpha value is -3.74. The van der Waals surface area contributed by atoms with E-state index in [1.54, 1.807) is 7.05 Å². The van der Waals surface area contributed by atoms with Crippen LogP contribution >= 0.6 is 0 Å². The Balaban J connectivity index is 1.84. The molecule has 4 N–H and O–H groups in total. The molecule has 0 unspecified atom stereocenters. The fourth-order valence-electron chi connectivity index (χ4n) is 3.49. The molecule has 7 heteroatoms. The van der Waals surface area contributed by atoms with E-state index >= 15 is 0 Å². The molecule has 4 rings (SSSR count). The highest BCUT2D eigenvalue weighted by Crippen LogP contribution is 2.32. The number of H-pyrrole nitrogens is 1. The molecule has 1 aliphatic carbocycles. The maximum atomic E-state index is 12.5. The Bertz CT molecular complexity index is 1110. The van der Waals surface area contributed by atoms with E-state index < -0.39 is 0 Å². The molecule has 1 aliphatic rings. The lowest BCUT2D eigenvalue weighted by Gasteiger charge is -2.22. The zero-order valence-corrected chi connectivity index (χ0v) is 17.0. The van der Waals surface area contributed by atoms with Crippen LogP contribution in [-0.2, 0) is 0 Å². The van der Waals surface area contributed by atoms with Crippen LogP contribution < -0.4 is 5.32 Å². The number of nitrogens with one attached hydrogen (secondary N) is 4. The van der Waals surface area contributed by atoms with E-state index in [4.69, 9.17) is 15.8 Å². The Kier molecular flexibility index (Phi) is 5.18. The number of carbonyl (C=O) groups excluding carboxylic acids is 1. The first kappa shape index (κ1) is 19.6. The van der Waals surface area contributed by atoms with Crippen molar-refractivity contribution in [1.82, 2.24) is 20.2 Å². The lowest BCUT2D eigenvalue weighted by atomic mass is 10.0. The third-order valence-electron chi connectivity index (χ3n) is 5.27. The number of urea groups is 1. The van der Waals surface area contributed by atoms with Crippen molar-refractivity contribution in [2.45, 2.75) is 25.8 Å². The number of hydrogen-bond donors (Lipinski definition) is 4. The van der Waals surface area contributed by atoms with Crippen LogP contribution in [0, 0.1) is 17.7 Å². The SMILES string of the molecule is CNC(=O)N(C(=N)c1[nH]c(-c2ccccc2)nc1-c1ccc(C=N)c(C)c1)C1CC1. The Morgan fingerprint density at radius 2 is 1.93 bits per heavy atom. The molecular weight excluding hydrogens is 376 g/mol. The summed E-state index contributed by atoms with van der Waals surface area (Å²) in [4.78, 5) is 22.1. The molecule has 0 bridgehead atoms. The number of hydrogen-bond acceptors (Lipinski definition) is 4. The summed E-state index contributed by atoms with van der Waals surface area (Å²) in [6, 6.07) is 15.2. The van der Waals surface area contributed by atoms with E-state index in [0.717, 1.165) is 35.1 Å². The molecule has 152 valence electrons. The van der Waals surface area contributed by atoms with Crippen molar-refractivity contribution in [3.05, 3.63) is 65.4 Å². The molecule has 2 amide bonds. The van der Waals surface area contributed by atoms with E-state index in [1.807, 2.05) is 55.5 Å². The van der Waals surface area contributed by atoms with Gasteiger partial charge < -0.3 is 15.7 Å². The fraction of sp³-hybridized carbons (Fsp3) is 0.217. The molecule has 2 aromatic carbocycles. The molecule has 0 spiro atoms. The number of aryl methyl sites for hydroxylation is 1. The third kappa shape index (κ3) is 3.61. The van der Waals surface area contributed by atoms with E-state index in [-0.39, 0.29) is 17.9 Å². The summed E-state index contributed by atoms with van der Waals surface area (Å²) >= 11 is 0. The van der Waals surface area contributed by atoms with E-state index in [0.29, 0.717) is 17.2 Å². The number of nitrogens with zero attached hydrogens (tertiary/aromatic N) is 2. The van der Waals surface area contributed by atoms with Crippen LogP contribution in [0.15, 0.2) is 48.5 Å². The van der Waals surface area contributed by atoms with Gasteiger partial charge in [-0.2, -0.15) is 0 Å². The largest absolute Gasteiger partial charge is 0.341 e. The minimum atomic E-state index is -0.292. The van der Waals surface area contributed by atoms with Crippen LogP contribution in [0.3, 0.4) is 0 Å². The van der Waals surface area contributed by atoms with Gasteiger partial charge in [0.15, 0.2) is 5.84 Å². The van der Waals surface area contributed by atoms with Crippen LogP contribution in [-0.4, -0.2) is 46.0 Å². The highest BCUT2D eigenvalue weighted by atomic mass is 16.2. The first-order valence-corrected chi connectivity index (χ1v) is 9.90. The summed E-state index contributed by atoms with van der Waals surface area (Å²) in [6.45, 7) is 1.95. The van der Waals surface area contributed by atoms with Crippen LogP contribution in [0.4, 0.5) is 4.79 Å². The Morgan fingerprint density at radius 3 is 2.53 bits per heavy atom. The number of benzene rings is 2. The predicted octanol–water partition coefficient (Wildman–Crippen LogP) is 4.18. The molecule has 7 nitrogen and oxygen atoms in total. The third-order valence-corrected chi connectivity index (χ3v) is 5.27. The van der Waals surface area contributed by atoms with Gasteiger partial charge in [0.1, 0.15) is 17.2 Å².